The summed E-state index contributed by atoms with van der Waals surface area (Å²) in [6.07, 6.45) is 0.818. The summed E-state index contributed by atoms with van der Waals surface area (Å²) < 4.78 is 11.3. The van der Waals surface area contributed by atoms with Crippen LogP contribution in [0.25, 0.3) is 0 Å². The molecular weight excluding hydrogens is 330 g/mol. The Morgan fingerprint density at radius 2 is 1.88 bits per heavy atom. The van der Waals surface area contributed by atoms with Crippen molar-refractivity contribution in [3.63, 3.8) is 0 Å². The van der Waals surface area contributed by atoms with E-state index in [-0.39, 0.29) is 12.1 Å². The predicted molar refractivity (Wildman–Crippen MR) is 100 cm³/mol. The van der Waals surface area contributed by atoms with Crippen molar-refractivity contribution in [2.75, 3.05) is 39.4 Å². The van der Waals surface area contributed by atoms with Crippen molar-refractivity contribution in [1.29, 1.82) is 0 Å². The van der Waals surface area contributed by atoms with Gasteiger partial charge in [0.2, 0.25) is 0 Å². The fourth-order valence-corrected chi connectivity index (χ4v) is 3.15. The molecule has 1 aromatic heterocycles. The lowest BCUT2D eigenvalue weighted by Crippen LogP contribution is -2.45. The van der Waals surface area contributed by atoms with E-state index < -0.39 is 0 Å². The van der Waals surface area contributed by atoms with Gasteiger partial charge in [-0.2, -0.15) is 0 Å². The van der Waals surface area contributed by atoms with Gasteiger partial charge >= 0.3 is 6.03 Å². The zero-order valence-electron chi connectivity index (χ0n) is 15.2. The fraction of sp³-hybridized carbons (Fsp3) is 0.450. The third-order valence-electron chi connectivity index (χ3n) is 4.57. The number of nitrogens with one attached hydrogen (secondary N) is 2. The van der Waals surface area contributed by atoms with Gasteiger partial charge in [0.25, 0.3) is 0 Å². The summed E-state index contributed by atoms with van der Waals surface area (Å²) >= 11 is 0. The van der Waals surface area contributed by atoms with Crippen molar-refractivity contribution >= 4 is 6.03 Å². The van der Waals surface area contributed by atoms with E-state index in [0.29, 0.717) is 26.3 Å². The standard InChI is InChI=1S/C20H27N3O3/c1-16-7-8-19(26-16)18(23-11-13-25-14-12-23)15-22-20(24)21-10-9-17-5-3-2-4-6-17/h2-8,18H,9-15H2,1H3,(H2,21,22,24). The first-order chi connectivity index (χ1) is 12.7. The van der Waals surface area contributed by atoms with Crippen molar-refractivity contribution in [2.24, 2.45) is 0 Å². The van der Waals surface area contributed by atoms with Crippen molar-refractivity contribution in [1.82, 2.24) is 15.5 Å². The summed E-state index contributed by atoms with van der Waals surface area (Å²) in [5.41, 5.74) is 1.21. The average molecular weight is 357 g/mol. The number of amides is 2. The molecular formula is C20H27N3O3. The molecule has 3 rings (SSSR count). The summed E-state index contributed by atoms with van der Waals surface area (Å²) in [4.78, 5) is 14.5. The number of ether oxygens (including phenoxy) is 1. The van der Waals surface area contributed by atoms with E-state index in [2.05, 4.69) is 27.7 Å². The van der Waals surface area contributed by atoms with Gasteiger partial charge in [-0.25, -0.2) is 4.79 Å². The minimum absolute atomic E-state index is 0.0208. The van der Waals surface area contributed by atoms with Gasteiger partial charge in [0.05, 0.1) is 19.3 Å². The largest absolute Gasteiger partial charge is 0.465 e. The van der Waals surface area contributed by atoms with Crippen LogP contribution in [-0.4, -0.2) is 50.3 Å². The zero-order valence-corrected chi connectivity index (χ0v) is 15.2. The maximum Gasteiger partial charge on any atom is 0.314 e. The molecule has 0 saturated carbocycles. The Bertz CT molecular complexity index is 681. The zero-order chi connectivity index (χ0) is 18.2. The molecule has 6 heteroatoms. The van der Waals surface area contributed by atoms with Crippen LogP contribution in [0.1, 0.15) is 23.1 Å². The molecule has 1 fully saturated rings. The van der Waals surface area contributed by atoms with E-state index in [9.17, 15) is 4.79 Å². The van der Waals surface area contributed by atoms with Crippen LogP contribution in [0, 0.1) is 6.92 Å². The molecule has 1 aliphatic rings. The number of carbonyl (C=O) groups is 1. The number of nitrogens with zero attached hydrogens (tertiary/aromatic N) is 1. The molecule has 1 aromatic carbocycles. The van der Waals surface area contributed by atoms with Gasteiger partial charge in [0.15, 0.2) is 0 Å². The highest BCUT2D eigenvalue weighted by Gasteiger charge is 2.25. The Morgan fingerprint density at radius 1 is 1.12 bits per heavy atom. The summed E-state index contributed by atoms with van der Waals surface area (Å²) in [6, 6.07) is 14.0. The molecule has 0 aliphatic carbocycles. The highest BCUT2D eigenvalue weighted by Crippen LogP contribution is 2.23. The summed E-state index contributed by atoms with van der Waals surface area (Å²) in [5, 5.41) is 5.90. The number of benzene rings is 1. The molecule has 1 unspecified atom stereocenters. The van der Waals surface area contributed by atoms with Crippen LogP contribution in [0.4, 0.5) is 4.79 Å². The lowest BCUT2D eigenvalue weighted by molar-refractivity contribution is 0.0121. The number of morpholine rings is 1. The Balaban J connectivity index is 1.49. The molecule has 2 heterocycles. The van der Waals surface area contributed by atoms with Crippen LogP contribution >= 0.6 is 0 Å². The SMILES string of the molecule is Cc1ccc(C(CNC(=O)NCCc2ccccc2)N2CCOCC2)o1. The summed E-state index contributed by atoms with van der Waals surface area (Å²) in [5.74, 6) is 1.76. The van der Waals surface area contributed by atoms with Gasteiger partial charge in [-0.1, -0.05) is 30.3 Å². The first-order valence-electron chi connectivity index (χ1n) is 9.16. The van der Waals surface area contributed by atoms with Crippen LogP contribution in [-0.2, 0) is 11.2 Å². The summed E-state index contributed by atoms with van der Waals surface area (Å²) in [7, 11) is 0. The van der Waals surface area contributed by atoms with Gasteiger partial charge in [-0.15, -0.1) is 0 Å². The number of hydrogen-bond acceptors (Lipinski definition) is 4. The van der Waals surface area contributed by atoms with E-state index in [4.69, 9.17) is 9.15 Å². The number of rotatable bonds is 7. The topological polar surface area (TPSA) is 66.7 Å². The molecule has 0 spiro atoms. The monoisotopic (exact) mass is 357 g/mol. The van der Waals surface area contributed by atoms with E-state index >= 15 is 0 Å². The highest BCUT2D eigenvalue weighted by molar-refractivity contribution is 5.73. The molecule has 6 nitrogen and oxygen atoms in total. The number of furan rings is 1. The Labute approximate surface area is 154 Å². The minimum Gasteiger partial charge on any atom is -0.465 e. The van der Waals surface area contributed by atoms with E-state index in [0.717, 1.165) is 31.0 Å². The van der Waals surface area contributed by atoms with Crippen LogP contribution in [0.5, 0.6) is 0 Å². The smallest absolute Gasteiger partial charge is 0.314 e. The molecule has 26 heavy (non-hydrogen) atoms. The molecule has 2 N–H and O–H groups in total. The van der Waals surface area contributed by atoms with E-state index in [1.54, 1.807) is 0 Å². The van der Waals surface area contributed by atoms with Gasteiger partial charge in [0, 0.05) is 26.2 Å². The molecule has 2 aromatic rings. The van der Waals surface area contributed by atoms with Crippen LogP contribution in [0.3, 0.4) is 0 Å². The van der Waals surface area contributed by atoms with Gasteiger partial charge in [-0.05, 0) is 31.0 Å². The van der Waals surface area contributed by atoms with Crippen molar-refractivity contribution in [2.45, 2.75) is 19.4 Å². The molecule has 140 valence electrons. The van der Waals surface area contributed by atoms with E-state index in [1.165, 1.54) is 5.56 Å². The molecule has 2 amide bonds. The molecule has 0 radical (unpaired) electrons. The molecule has 0 bridgehead atoms. The van der Waals surface area contributed by atoms with Crippen LogP contribution in [0.15, 0.2) is 46.9 Å². The number of hydrogen-bond donors (Lipinski definition) is 2. The van der Waals surface area contributed by atoms with Gasteiger partial charge in [0.1, 0.15) is 11.5 Å². The highest BCUT2D eigenvalue weighted by atomic mass is 16.5. The minimum atomic E-state index is -0.150. The third-order valence-corrected chi connectivity index (χ3v) is 4.57. The maximum atomic E-state index is 12.2. The lowest BCUT2D eigenvalue weighted by atomic mass is 10.1. The quantitative estimate of drug-likeness (QED) is 0.799. The number of urea groups is 1. The third kappa shape index (κ3) is 5.34. The molecule has 1 saturated heterocycles. The summed E-state index contributed by atoms with van der Waals surface area (Å²) in [6.45, 7) is 6.13. The lowest BCUT2D eigenvalue weighted by Gasteiger charge is -2.33. The first-order valence-corrected chi connectivity index (χ1v) is 9.16. The average Bonchev–Trinajstić information content (AvgIpc) is 3.10. The Morgan fingerprint density at radius 3 is 2.58 bits per heavy atom. The van der Waals surface area contributed by atoms with E-state index in [1.807, 2.05) is 37.3 Å². The second kappa shape index (κ2) is 9.40. The second-order valence-electron chi connectivity index (χ2n) is 6.48. The predicted octanol–water partition coefficient (Wildman–Crippen LogP) is 2.50. The molecule has 1 aliphatic heterocycles. The second-order valence-corrected chi connectivity index (χ2v) is 6.48. The van der Waals surface area contributed by atoms with Crippen molar-refractivity contribution in [3.05, 3.63) is 59.5 Å². The van der Waals surface area contributed by atoms with Crippen LogP contribution < -0.4 is 10.6 Å². The normalized spacial score (nSPS) is 16.2. The van der Waals surface area contributed by atoms with Crippen molar-refractivity contribution < 1.29 is 13.9 Å². The maximum absolute atomic E-state index is 12.2. The Hall–Kier alpha value is -2.31. The Kier molecular flexibility index (Phi) is 6.68. The first kappa shape index (κ1) is 18.5. The molecule has 1 atom stereocenters. The number of carbonyl (C=O) groups excluding carboxylic acids is 1. The van der Waals surface area contributed by atoms with Crippen molar-refractivity contribution in [3.8, 4) is 0 Å². The van der Waals surface area contributed by atoms with Gasteiger partial charge in [-0.3, -0.25) is 4.90 Å². The number of aryl methyl sites for hydroxylation is 1. The van der Waals surface area contributed by atoms with Crippen LogP contribution in [0.2, 0.25) is 0 Å². The fourth-order valence-electron chi connectivity index (χ4n) is 3.15. The van der Waals surface area contributed by atoms with Gasteiger partial charge < -0.3 is 19.8 Å².